The van der Waals surface area contributed by atoms with E-state index in [1.165, 1.54) is 0 Å². The van der Waals surface area contributed by atoms with Crippen LogP contribution in [0.5, 0.6) is 0 Å². The highest BCUT2D eigenvalue weighted by atomic mass is 16.1. The predicted octanol–water partition coefficient (Wildman–Crippen LogP) is 2.16. The molecule has 9 heteroatoms. The van der Waals surface area contributed by atoms with Crippen molar-refractivity contribution in [3.05, 3.63) is 48.0 Å². The third-order valence-electron chi connectivity index (χ3n) is 5.45. The number of fused-ring (bicyclic) bond motifs is 2. The van der Waals surface area contributed by atoms with Crippen LogP contribution in [0.1, 0.15) is 37.0 Å². The molecule has 0 bridgehead atoms. The number of rotatable bonds is 4. The average Bonchev–Trinajstić information content (AvgIpc) is 3.30. The lowest BCUT2D eigenvalue weighted by atomic mass is 9.96. The van der Waals surface area contributed by atoms with Crippen molar-refractivity contribution in [1.82, 2.24) is 35.1 Å². The van der Waals surface area contributed by atoms with Crippen molar-refractivity contribution < 1.29 is 4.79 Å². The van der Waals surface area contributed by atoms with Crippen molar-refractivity contribution in [1.29, 1.82) is 0 Å². The second-order valence-corrected chi connectivity index (χ2v) is 8.82. The number of pyridine rings is 1. The third kappa shape index (κ3) is 3.16. The molecule has 0 spiro atoms. The van der Waals surface area contributed by atoms with Crippen molar-refractivity contribution in [3.63, 3.8) is 0 Å². The predicted molar refractivity (Wildman–Crippen MR) is 114 cm³/mol. The maximum absolute atomic E-state index is 12.6. The molecule has 1 aliphatic rings. The fourth-order valence-corrected chi connectivity index (χ4v) is 3.78. The summed E-state index contributed by atoms with van der Waals surface area (Å²) in [6.45, 7) is 8.63. The van der Waals surface area contributed by atoms with E-state index < -0.39 is 0 Å². The molecule has 4 aromatic heterocycles. The number of carbonyl (C=O) groups is 1. The van der Waals surface area contributed by atoms with E-state index in [1.807, 2.05) is 28.8 Å². The van der Waals surface area contributed by atoms with Crippen LogP contribution in [0.25, 0.3) is 16.7 Å². The quantitative estimate of drug-likeness (QED) is 0.540. The summed E-state index contributed by atoms with van der Waals surface area (Å²) < 4.78 is 1.83. The lowest BCUT2D eigenvalue weighted by molar-refractivity contribution is 0.0946. The van der Waals surface area contributed by atoms with Crippen molar-refractivity contribution in [2.24, 2.45) is 5.92 Å². The minimum absolute atomic E-state index is 0.0773. The molecule has 9 nitrogen and oxygen atoms in total. The number of aromatic nitrogens is 6. The first-order valence-corrected chi connectivity index (χ1v) is 10.1. The van der Waals surface area contributed by atoms with E-state index in [1.54, 1.807) is 12.4 Å². The van der Waals surface area contributed by atoms with Gasteiger partial charge in [-0.1, -0.05) is 20.8 Å². The SMILES string of the molecule is CC(C)(C)c1nnc2ccc(N3CC(CNC(=O)c4c[nH]c5ncccc45)C3)nn12. The van der Waals surface area contributed by atoms with E-state index in [2.05, 4.69) is 51.2 Å². The van der Waals surface area contributed by atoms with Crippen LogP contribution in [-0.2, 0) is 5.41 Å². The van der Waals surface area contributed by atoms with Gasteiger partial charge in [0, 0.05) is 48.7 Å². The van der Waals surface area contributed by atoms with Gasteiger partial charge in [0.15, 0.2) is 11.5 Å². The number of hydrogen-bond acceptors (Lipinski definition) is 6. The van der Waals surface area contributed by atoms with Crippen LogP contribution >= 0.6 is 0 Å². The first-order valence-electron chi connectivity index (χ1n) is 10.1. The van der Waals surface area contributed by atoms with Crippen molar-refractivity contribution in [2.45, 2.75) is 26.2 Å². The minimum Gasteiger partial charge on any atom is -0.354 e. The van der Waals surface area contributed by atoms with Crippen LogP contribution < -0.4 is 10.2 Å². The van der Waals surface area contributed by atoms with Gasteiger partial charge in [-0.05, 0) is 24.3 Å². The van der Waals surface area contributed by atoms with Crippen LogP contribution in [0.4, 0.5) is 5.82 Å². The summed E-state index contributed by atoms with van der Waals surface area (Å²) in [5.74, 6) is 2.05. The molecule has 30 heavy (non-hydrogen) atoms. The Hall–Kier alpha value is -3.49. The van der Waals surface area contributed by atoms with E-state index >= 15 is 0 Å². The maximum atomic E-state index is 12.6. The number of aromatic amines is 1. The largest absolute Gasteiger partial charge is 0.354 e. The lowest BCUT2D eigenvalue weighted by Gasteiger charge is -2.40. The summed E-state index contributed by atoms with van der Waals surface area (Å²) in [6.07, 6.45) is 3.42. The molecule has 5 heterocycles. The van der Waals surface area contributed by atoms with Crippen LogP contribution in [0, 0.1) is 5.92 Å². The number of amides is 1. The highest BCUT2D eigenvalue weighted by Gasteiger charge is 2.29. The number of nitrogens with zero attached hydrogens (tertiary/aromatic N) is 6. The Kier molecular flexibility index (Phi) is 4.19. The van der Waals surface area contributed by atoms with Crippen LogP contribution in [0.15, 0.2) is 36.7 Å². The van der Waals surface area contributed by atoms with Crippen LogP contribution in [0.2, 0.25) is 0 Å². The Morgan fingerprint density at radius 2 is 2.07 bits per heavy atom. The van der Waals surface area contributed by atoms with Crippen molar-refractivity contribution in [2.75, 3.05) is 24.5 Å². The topological polar surface area (TPSA) is 104 Å². The summed E-state index contributed by atoms with van der Waals surface area (Å²) >= 11 is 0. The lowest BCUT2D eigenvalue weighted by Crippen LogP contribution is -2.52. The molecular formula is C21H24N8O. The van der Waals surface area contributed by atoms with Gasteiger partial charge in [-0.25, -0.2) is 4.98 Å². The Bertz CT molecular complexity index is 1230. The molecule has 0 aliphatic carbocycles. The standard InChI is InChI=1S/C21H24N8O/c1-21(2,3)20-26-25-16-6-7-17(27-29(16)20)28-11-13(12-28)9-24-19(30)15-10-23-18-14(15)5-4-8-22-18/h4-8,10,13H,9,11-12H2,1-3H3,(H,22,23)(H,24,30). The van der Waals surface area contributed by atoms with E-state index in [-0.39, 0.29) is 11.3 Å². The molecular weight excluding hydrogens is 380 g/mol. The van der Waals surface area contributed by atoms with Gasteiger partial charge in [-0.3, -0.25) is 4.79 Å². The summed E-state index contributed by atoms with van der Waals surface area (Å²) in [5, 5.41) is 17.1. The van der Waals surface area contributed by atoms with Gasteiger partial charge in [0.1, 0.15) is 11.5 Å². The van der Waals surface area contributed by atoms with Gasteiger partial charge in [-0.2, -0.15) is 4.52 Å². The molecule has 0 saturated carbocycles. The van der Waals surface area contributed by atoms with Crippen molar-refractivity contribution in [3.8, 4) is 0 Å². The van der Waals surface area contributed by atoms with E-state index in [9.17, 15) is 4.79 Å². The zero-order valence-electron chi connectivity index (χ0n) is 17.3. The number of nitrogens with one attached hydrogen (secondary N) is 2. The van der Waals surface area contributed by atoms with E-state index in [0.717, 1.165) is 41.4 Å². The molecule has 1 saturated heterocycles. The summed E-state index contributed by atoms with van der Waals surface area (Å²) in [5.41, 5.74) is 1.97. The van der Waals surface area contributed by atoms with Crippen molar-refractivity contribution >= 4 is 28.4 Å². The van der Waals surface area contributed by atoms with Gasteiger partial charge in [0.2, 0.25) is 0 Å². The Morgan fingerprint density at radius 1 is 1.23 bits per heavy atom. The van der Waals surface area contributed by atoms with Gasteiger partial charge in [0.05, 0.1) is 5.56 Å². The second kappa shape index (κ2) is 6.79. The molecule has 4 aromatic rings. The number of carbonyl (C=O) groups excluding carboxylic acids is 1. The molecule has 5 rings (SSSR count). The monoisotopic (exact) mass is 404 g/mol. The number of anilines is 1. The van der Waals surface area contributed by atoms with E-state index in [4.69, 9.17) is 5.10 Å². The summed E-state index contributed by atoms with van der Waals surface area (Å²) in [6, 6.07) is 7.66. The van der Waals surface area contributed by atoms with Gasteiger partial charge in [0.25, 0.3) is 5.91 Å². The third-order valence-corrected chi connectivity index (χ3v) is 5.45. The maximum Gasteiger partial charge on any atom is 0.253 e. The van der Waals surface area contributed by atoms with Crippen LogP contribution in [-0.4, -0.2) is 55.3 Å². The molecule has 2 N–H and O–H groups in total. The van der Waals surface area contributed by atoms with Gasteiger partial charge < -0.3 is 15.2 Å². The number of H-pyrrole nitrogens is 1. The Balaban J connectivity index is 1.22. The molecule has 1 amide bonds. The summed E-state index contributed by atoms with van der Waals surface area (Å²) in [4.78, 5) is 22.0. The Labute approximate surface area is 173 Å². The zero-order chi connectivity index (χ0) is 20.9. The first-order chi connectivity index (χ1) is 14.4. The molecule has 1 aliphatic heterocycles. The molecule has 0 unspecified atom stereocenters. The second-order valence-electron chi connectivity index (χ2n) is 8.82. The fourth-order valence-electron chi connectivity index (χ4n) is 3.78. The Morgan fingerprint density at radius 3 is 2.87 bits per heavy atom. The van der Waals surface area contributed by atoms with E-state index in [0.29, 0.717) is 18.0 Å². The van der Waals surface area contributed by atoms with Crippen LogP contribution in [0.3, 0.4) is 0 Å². The number of hydrogen-bond donors (Lipinski definition) is 2. The minimum atomic E-state index is -0.134. The van der Waals surface area contributed by atoms with Gasteiger partial charge in [-0.15, -0.1) is 15.3 Å². The summed E-state index contributed by atoms with van der Waals surface area (Å²) in [7, 11) is 0. The molecule has 0 atom stereocenters. The zero-order valence-corrected chi connectivity index (χ0v) is 17.3. The molecule has 154 valence electrons. The molecule has 1 fully saturated rings. The normalized spacial score (nSPS) is 15.0. The molecule has 0 aromatic carbocycles. The molecule has 0 radical (unpaired) electrons. The van der Waals surface area contributed by atoms with Gasteiger partial charge >= 0.3 is 0 Å². The average molecular weight is 404 g/mol. The highest BCUT2D eigenvalue weighted by molar-refractivity contribution is 6.05. The fraction of sp³-hybridized carbons (Fsp3) is 0.381. The first kappa shape index (κ1) is 18.5. The smallest absolute Gasteiger partial charge is 0.253 e. The highest BCUT2D eigenvalue weighted by Crippen LogP contribution is 2.25.